The van der Waals surface area contributed by atoms with Crippen molar-refractivity contribution in [1.29, 1.82) is 0 Å². The van der Waals surface area contributed by atoms with Gasteiger partial charge in [-0.15, -0.1) is 0 Å². The van der Waals surface area contributed by atoms with Crippen LogP contribution in [-0.4, -0.2) is 22.4 Å². The number of anilines is 2. The molecule has 0 aliphatic heterocycles. The molecule has 3 rings (SSSR count). The number of aromatic nitrogens is 2. The highest BCUT2D eigenvalue weighted by molar-refractivity contribution is 6.03. The topological polar surface area (TPSA) is 66.9 Å². The highest BCUT2D eigenvalue weighted by Gasteiger charge is 2.11. The first-order chi connectivity index (χ1) is 12.6. The van der Waals surface area contributed by atoms with Crippen molar-refractivity contribution in [2.24, 2.45) is 0 Å². The fourth-order valence-corrected chi connectivity index (χ4v) is 3.09. The highest BCUT2D eigenvalue weighted by atomic mass is 16.1. The average Bonchev–Trinajstić information content (AvgIpc) is 2.67. The number of carbonyl (C=O) groups excluding carboxylic acids is 1. The molecular formula is C21H26N4O. The van der Waals surface area contributed by atoms with Crippen LogP contribution in [0.15, 0.2) is 42.2 Å². The van der Waals surface area contributed by atoms with Gasteiger partial charge in [0.2, 0.25) is 0 Å². The maximum absolute atomic E-state index is 12.4. The lowest BCUT2D eigenvalue weighted by atomic mass is 9.97. The number of amides is 1. The predicted molar refractivity (Wildman–Crippen MR) is 106 cm³/mol. The summed E-state index contributed by atoms with van der Waals surface area (Å²) in [7, 11) is 0. The zero-order valence-electron chi connectivity index (χ0n) is 15.5. The Morgan fingerprint density at radius 1 is 1.15 bits per heavy atom. The molecule has 5 heteroatoms. The number of allylic oxidation sites excluding steroid dienone is 1. The molecular weight excluding hydrogens is 324 g/mol. The van der Waals surface area contributed by atoms with Gasteiger partial charge < -0.3 is 10.6 Å². The summed E-state index contributed by atoms with van der Waals surface area (Å²) in [5, 5.41) is 6.18. The second-order valence-electron chi connectivity index (χ2n) is 6.77. The minimum Gasteiger partial charge on any atom is -0.368 e. The maximum Gasteiger partial charge on any atom is 0.275 e. The SMILES string of the molecule is Cc1cccc(NC(=O)c2cnc(NCCC3=CCCCC3)cn2)c1C. The van der Waals surface area contributed by atoms with Crippen LogP contribution >= 0.6 is 0 Å². The number of nitrogens with one attached hydrogen (secondary N) is 2. The monoisotopic (exact) mass is 350 g/mol. The van der Waals surface area contributed by atoms with Crippen LogP contribution in [-0.2, 0) is 0 Å². The number of carbonyl (C=O) groups is 1. The molecule has 2 aromatic rings. The van der Waals surface area contributed by atoms with Gasteiger partial charge in [-0.3, -0.25) is 4.79 Å². The fourth-order valence-electron chi connectivity index (χ4n) is 3.09. The Balaban J connectivity index is 1.54. The summed E-state index contributed by atoms with van der Waals surface area (Å²) in [6.07, 6.45) is 11.6. The van der Waals surface area contributed by atoms with E-state index in [-0.39, 0.29) is 5.91 Å². The van der Waals surface area contributed by atoms with Crippen molar-refractivity contribution in [2.45, 2.75) is 46.0 Å². The molecule has 0 spiro atoms. The van der Waals surface area contributed by atoms with Crippen molar-refractivity contribution in [2.75, 3.05) is 17.2 Å². The van der Waals surface area contributed by atoms with E-state index in [9.17, 15) is 4.79 Å². The van der Waals surface area contributed by atoms with Crippen molar-refractivity contribution in [3.05, 3.63) is 59.1 Å². The number of nitrogens with zero attached hydrogens (tertiary/aromatic N) is 2. The normalized spacial score (nSPS) is 13.8. The van der Waals surface area contributed by atoms with Crippen LogP contribution < -0.4 is 10.6 Å². The number of aryl methyl sites for hydroxylation is 1. The van der Waals surface area contributed by atoms with Crippen LogP contribution in [0.25, 0.3) is 0 Å². The van der Waals surface area contributed by atoms with Crippen molar-refractivity contribution >= 4 is 17.4 Å². The zero-order chi connectivity index (χ0) is 18.4. The Morgan fingerprint density at radius 2 is 2.04 bits per heavy atom. The van der Waals surface area contributed by atoms with Crippen LogP contribution in [0.2, 0.25) is 0 Å². The molecule has 0 unspecified atom stereocenters. The summed E-state index contributed by atoms with van der Waals surface area (Å²) in [6.45, 7) is 4.86. The molecule has 1 aromatic carbocycles. The molecule has 1 heterocycles. The summed E-state index contributed by atoms with van der Waals surface area (Å²) >= 11 is 0. The van der Waals surface area contributed by atoms with E-state index in [1.165, 1.54) is 37.5 Å². The van der Waals surface area contributed by atoms with E-state index in [2.05, 4.69) is 26.7 Å². The Labute approximate surface area is 155 Å². The van der Waals surface area contributed by atoms with Crippen LogP contribution in [0.4, 0.5) is 11.5 Å². The standard InChI is InChI=1S/C21H26N4O/c1-15-7-6-10-18(16(15)2)25-21(26)19-13-24-20(14-23-19)22-12-11-17-8-4-3-5-9-17/h6-8,10,13-14H,3-5,9,11-12H2,1-2H3,(H,22,24)(H,25,26). The number of hydrogen-bond acceptors (Lipinski definition) is 4. The van der Waals surface area contributed by atoms with Gasteiger partial charge in [0.15, 0.2) is 0 Å². The van der Waals surface area contributed by atoms with Crippen molar-refractivity contribution in [3.63, 3.8) is 0 Å². The van der Waals surface area contributed by atoms with E-state index in [1.807, 2.05) is 32.0 Å². The Bertz CT molecular complexity index is 796. The first kappa shape index (κ1) is 18.1. The van der Waals surface area contributed by atoms with E-state index in [4.69, 9.17) is 0 Å². The second-order valence-corrected chi connectivity index (χ2v) is 6.77. The van der Waals surface area contributed by atoms with Gasteiger partial charge in [0, 0.05) is 12.2 Å². The molecule has 1 aliphatic carbocycles. The fraction of sp³-hybridized carbons (Fsp3) is 0.381. The molecule has 0 bridgehead atoms. The molecule has 1 amide bonds. The average molecular weight is 350 g/mol. The lowest BCUT2D eigenvalue weighted by molar-refractivity contribution is 0.102. The zero-order valence-corrected chi connectivity index (χ0v) is 15.5. The van der Waals surface area contributed by atoms with Gasteiger partial charge in [-0.05, 0) is 63.1 Å². The van der Waals surface area contributed by atoms with E-state index in [1.54, 1.807) is 6.20 Å². The molecule has 26 heavy (non-hydrogen) atoms. The quantitative estimate of drug-likeness (QED) is 0.744. The third-order valence-electron chi connectivity index (χ3n) is 4.87. The first-order valence-corrected chi connectivity index (χ1v) is 9.25. The van der Waals surface area contributed by atoms with Gasteiger partial charge in [-0.2, -0.15) is 0 Å². The molecule has 1 aromatic heterocycles. The molecule has 1 aliphatic rings. The molecule has 0 saturated carbocycles. The van der Waals surface area contributed by atoms with Crippen LogP contribution in [0.5, 0.6) is 0 Å². The van der Waals surface area contributed by atoms with E-state index >= 15 is 0 Å². The second kappa shape index (κ2) is 8.61. The minimum absolute atomic E-state index is 0.245. The summed E-state index contributed by atoms with van der Waals surface area (Å²) in [6, 6.07) is 5.84. The van der Waals surface area contributed by atoms with Crippen molar-refractivity contribution in [3.8, 4) is 0 Å². The van der Waals surface area contributed by atoms with Gasteiger partial charge in [0.05, 0.1) is 12.4 Å². The van der Waals surface area contributed by atoms with Crippen LogP contribution in [0.3, 0.4) is 0 Å². The Hall–Kier alpha value is -2.69. The molecule has 0 radical (unpaired) electrons. The van der Waals surface area contributed by atoms with Crippen molar-refractivity contribution < 1.29 is 4.79 Å². The molecule has 2 N–H and O–H groups in total. The van der Waals surface area contributed by atoms with E-state index < -0.39 is 0 Å². The minimum atomic E-state index is -0.245. The van der Waals surface area contributed by atoms with Gasteiger partial charge in [0.1, 0.15) is 11.5 Å². The number of rotatable bonds is 6. The highest BCUT2D eigenvalue weighted by Crippen LogP contribution is 2.20. The smallest absolute Gasteiger partial charge is 0.275 e. The number of hydrogen-bond donors (Lipinski definition) is 2. The van der Waals surface area contributed by atoms with Crippen molar-refractivity contribution in [1.82, 2.24) is 9.97 Å². The summed E-state index contributed by atoms with van der Waals surface area (Å²) in [5.41, 5.74) is 4.85. The van der Waals surface area contributed by atoms with E-state index in [0.29, 0.717) is 11.5 Å². The predicted octanol–water partition coefficient (Wildman–Crippen LogP) is 4.65. The summed E-state index contributed by atoms with van der Waals surface area (Å²) < 4.78 is 0. The molecule has 0 atom stereocenters. The van der Waals surface area contributed by atoms with Gasteiger partial charge >= 0.3 is 0 Å². The van der Waals surface area contributed by atoms with Gasteiger partial charge in [0.25, 0.3) is 5.91 Å². The Morgan fingerprint density at radius 3 is 2.77 bits per heavy atom. The van der Waals surface area contributed by atoms with Gasteiger partial charge in [-0.25, -0.2) is 9.97 Å². The third kappa shape index (κ3) is 4.69. The largest absolute Gasteiger partial charge is 0.368 e. The van der Waals surface area contributed by atoms with Crippen LogP contribution in [0, 0.1) is 13.8 Å². The lowest BCUT2D eigenvalue weighted by Crippen LogP contribution is -2.15. The number of benzene rings is 1. The summed E-state index contributed by atoms with van der Waals surface area (Å²) in [5.74, 6) is 0.454. The third-order valence-corrected chi connectivity index (χ3v) is 4.87. The molecule has 0 saturated heterocycles. The van der Waals surface area contributed by atoms with E-state index in [0.717, 1.165) is 29.8 Å². The summed E-state index contributed by atoms with van der Waals surface area (Å²) in [4.78, 5) is 20.9. The first-order valence-electron chi connectivity index (χ1n) is 9.25. The molecule has 0 fully saturated rings. The maximum atomic E-state index is 12.4. The van der Waals surface area contributed by atoms with Crippen LogP contribution in [0.1, 0.15) is 53.7 Å². The lowest BCUT2D eigenvalue weighted by Gasteiger charge is -2.13. The molecule has 5 nitrogen and oxygen atoms in total. The Kier molecular flexibility index (Phi) is 6.00. The molecule has 136 valence electrons. The van der Waals surface area contributed by atoms with Gasteiger partial charge in [-0.1, -0.05) is 23.8 Å².